The molecule has 2 fully saturated rings. The largest absolute Gasteiger partial charge is 0.497 e. The van der Waals surface area contributed by atoms with Crippen molar-refractivity contribution in [3.05, 3.63) is 47.0 Å². The standard InChI is InChI=1S/C29H41BN6O4/c1-39-24-2-3-26-20(17-24)4-10-36(29(38)33-26)23-5-8-34(9-6-23)11-7-32-28(37)21-16-22(27(31)25(30)18-21)19-35-12-14-40-15-13-35/h2-3,16-18,23H,4-15,19,30-31H2,1H3,(H,32,37)(H,33,38). The van der Waals surface area contributed by atoms with Crippen molar-refractivity contribution in [3.8, 4) is 5.75 Å². The summed E-state index contributed by atoms with van der Waals surface area (Å²) in [4.78, 5) is 32.6. The summed E-state index contributed by atoms with van der Waals surface area (Å²) in [6.07, 6.45) is 2.64. The fourth-order valence-corrected chi connectivity index (χ4v) is 5.92. The number of nitrogens with zero attached hydrogens (tertiary/aromatic N) is 3. The number of rotatable bonds is 8. The van der Waals surface area contributed by atoms with Crippen LogP contribution < -0.4 is 26.6 Å². The predicted octanol–water partition coefficient (Wildman–Crippen LogP) is 0.652. The number of morpholine rings is 1. The molecule has 0 aliphatic carbocycles. The summed E-state index contributed by atoms with van der Waals surface area (Å²) in [6, 6.07) is 9.80. The average Bonchev–Trinajstić information content (AvgIpc) is 3.13. The first-order valence-electron chi connectivity index (χ1n) is 14.4. The van der Waals surface area contributed by atoms with Crippen LogP contribution in [0.25, 0.3) is 0 Å². The van der Waals surface area contributed by atoms with Crippen LogP contribution in [0.2, 0.25) is 0 Å². The first-order valence-corrected chi connectivity index (χ1v) is 14.4. The number of ether oxygens (including phenoxy) is 2. The Balaban J connectivity index is 1.08. The van der Waals surface area contributed by atoms with Crippen LogP contribution in [0.5, 0.6) is 5.75 Å². The number of benzene rings is 2. The lowest BCUT2D eigenvalue weighted by molar-refractivity contribution is 0.0342. The van der Waals surface area contributed by atoms with Crippen molar-refractivity contribution in [2.75, 3.05) is 77.2 Å². The van der Waals surface area contributed by atoms with Gasteiger partial charge < -0.3 is 35.6 Å². The molecule has 2 saturated heterocycles. The van der Waals surface area contributed by atoms with E-state index in [4.69, 9.17) is 15.2 Å². The lowest BCUT2D eigenvalue weighted by Crippen LogP contribution is -2.49. The van der Waals surface area contributed by atoms with Crippen LogP contribution in [0.1, 0.15) is 34.3 Å². The molecule has 3 aliphatic rings. The highest BCUT2D eigenvalue weighted by Gasteiger charge is 2.30. The lowest BCUT2D eigenvalue weighted by atomic mass is 9.89. The zero-order chi connectivity index (χ0) is 28.1. The van der Waals surface area contributed by atoms with Crippen molar-refractivity contribution in [1.82, 2.24) is 20.0 Å². The zero-order valence-corrected chi connectivity index (χ0v) is 23.7. The van der Waals surface area contributed by atoms with Gasteiger partial charge in [-0.1, -0.05) is 11.5 Å². The molecule has 0 unspecified atom stereocenters. The second-order valence-electron chi connectivity index (χ2n) is 11.0. The van der Waals surface area contributed by atoms with Crippen LogP contribution in [-0.4, -0.2) is 107 Å². The number of fused-ring (bicyclic) bond motifs is 1. The molecule has 0 atom stereocenters. The molecule has 0 bridgehead atoms. The fourth-order valence-electron chi connectivity index (χ4n) is 5.92. The summed E-state index contributed by atoms with van der Waals surface area (Å²) in [5, 5.41) is 6.18. The predicted molar refractivity (Wildman–Crippen MR) is 159 cm³/mol. The topological polar surface area (TPSA) is 112 Å². The molecule has 11 heteroatoms. The summed E-state index contributed by atoms with van der Waals surface area (Å²) >= 11 is 0. The Morgan fingerprint density at radius 2 is 1.90 bits per heavy atom. The number of hydrogen-bond donors (Lipinski definition) is 3. The van der Waals surface area contributed by atoms with E-state index in [2.05, 4.69) is 20.4 Å². The number of nitrogens with one attached hydrogen (secondary N) is 2. The molecule has 2 aromatic rings. The number of carbonyl (C=O) groups is 2. The molecule has 10 nitrogen and oxygen atoms in total. The molecule has 214 valence electrons. The van der Waals surface area contributed by atoms with E-state index < -0.39 is 0 Å². The molecule has 5 rings (SSSR count). The smallest absolute Gasteiger partial charge is 0.322 e. The lowest BCUT2D eigenvalue weighted by Gasteiger charge is -2.38. The van der Waals surface area contributed by atoms with Gasteiger partial charge in [0.25, 0.3) is 5.91 Å². The molecule has 3 heterocycles. The van der Waals surface area contributed by atoms with Crippen LogP contribution in [0.4, 0.5) is 16.2 Å². The molecule has 3 aliphatic heterocycles. The first kappa shape index (κ1) is 28.3. The Hall–Kier alpha value is -3.28. The fraction of sp³-hybridized carbons (Fsp3) is 0.517. The van der Waals surface area contributed by atoms with Gasteiger partial charge in [-0.25, -0.2) is 4.79 Å². The highest BCUT2D eigenvalue weighted by molar-refractivity contribution is 6.36. The molecule has 3 amide bonds. The number of urea groups is 1. The molecular formula is C29H41BN6O4. The van der Waals surface area contributed by atoms with Gasteiger partial charge in [0.2, 0.25) is 0 Å². The van der Waals surface area contributed by atoms with Gasteiger partial charge in [0, 0.05) is 75.3 Å². The summed E-state index contributed by atoms with van der Waals surface area (Å²) in [6.45, 7) is 7.77. The third-order valence-electron chi connectivity index (χ3n) is 8.38. The number of hydrogen-bond acceptors (Lipinski definition) is 7. The zero-order valence-electron chi connectivity index (χ0n) is 23.7. The van der Waals surface area contributed by atoms with Crippen LogP contribution >= 0.6 is 0 Å². The molecule has 0 aromatic heterocycles. The van der Waals surface area contributed by atoms with Gasteiger partial charge in [-0.3, -0.25) is 9.69 Å². The van der Waals surface area contributed by atoms with E-state index in [-0.39, 0.29) is 18.0 Å². The Kier molecular flexibility index (Phi) is 9.13. The van der Waals surface area contributed by atoms with E-state index in [1.165, 1.54) is 0 Å². The molecular weight excluding hydrogens is 507 g/mol. The maximum absolute atomic E-state index is 13.0. The number of anilines is 2. The summed E-state index contributed by atoms with van der Waals surface area (Å²) in [5.74, 6) is 0.737. The van der Waals surface area contributed by atoms with Gasteiger partial charge in [-0.2, -0.15) is 0 Å². The Bertz CT molecular complexity index is 1210. The minimum Gasteiger partial charge on any atom is -0.497 e. The monoisotopic (exact) mass is 548 g/mol. The average molecular weight is 548 g/mol. The van der Waals surface area contributed by atoms with Crippen LogP contribution in [0.15, 0.2) is 30.3 Å². The third-order valence-corrected chi connectivity index (χ3v) is 8.38. The van der Waals surface area contributed by atoms with Gasteiger partial charge in [0.05, 0.1) is 20.3 Å². The van der Waals surface area contributed by atoms with Crippen molar-refractivity contribution < 1.29 is 19.1 Å². The third kappa shape index (κ3) is 6.71. The van der Waals surface area contributed by atoms with E-state index >= 15 is 0 Å². The number of nitrogens with two attached hydrogens (primary N) is 1. The molecule has 4 N–H and O–H groups in total. The minimum absolute atomic E-state index is 0.0265. The number of nitrogen functional groups attached to an aromatic ring is 1. The van der Waals surface area contributed by atoms with Crippen molar-refractivity contribution in [2.24, 2.45) is 0 Å². The van der Waals surface area contributed by atoms with Crippen LogP contribution in [0.3, 0.4) is 0 Å². The van der Waals surface area contributed by atoms with Crippen molar-refractivity contribution in [3.63, 3.8) is 0 Å². The van der Waals surface area contributed by atoms with Gasteiger partial charge in [-0.15, -0.1) is 0 Å². The molecule has 0 saturated carbocycles. The number of amides is 3. The Morgan fingerprint density at radius 1 is 1.12 bits per heavy atom. The molecule has 0 radical (unpaired) electrons. The van der Waals surface area contributed by atoms with E-state index in [1.54, 1.807) is 7.11 Å². The number of piperidine rings is 1. The van der Waals surface area contributed by atoms with Crippen LogP contribution in [0, 0.1) is 0 Å². The van der Waals surface area contributed by atoms with Gasteiger partial charge >= 0.3 is 6.03 Å². The quantitative estimate of drug-likeness (QED) is 0.328. The van der Waals surface area contributed by atoms with Gasteiger partial charge in [-0.05, 0) is 54.7 Å². The molecule has 40 heavy (non-hydrogen) atoms. The molecule has 2 aromatic carbocycles. The second-order valence-corrected chi connectivity index (χ2v) is 11.0. The van der Waals surface area contributed by atoms with Crippen molar-refractivity contribution in [2.45, 2.75) is 31.8 Å². The van der Waals surface area contributed by atoms with Gasteiger partial charge in [0.15, 0.2) is 0 Å². The highest BCUT2D eigenvalue weighted by Crippen LogP contribution is 2.27. The van der Waals surface area contributed by atoms with Crippen molar-refractivity contribution >= 4 is 36.6 Å². The SMILES string of the molecule is Bc1cc(C(=O)NCCN2CCC(N3CCc4cc(OC)ccc4NC3=O)CC2)cc(CN2CCOCC2)c1N. The minimum atomic E-state index is -0.0707. The number of likely N-dealkylation sites (tertiary alicyclic amines) is 1. The normalized spacial score (nSPS) is 19.0. The first-order chi connectivity index (χ1) is 19.4. The van der Waals surface area contributed by atoms with Crippen molar-refractivity contribution in [1.29, 1.82) is 0 Å². The van der Waals surface area contributed by atoms with Crippen LogP contribution in [-0.2, 0) is 17.7 Å². The van der Waals surface area contributed by atoms with E-state index in [9.17, 15) is 9.59 Å². The molecule has 0 spiro atoms. The van der Waals surface area contributed by atoms with Gasteiger partial charge in [0.1, 0.15) is 13.6 Å². The maximum atomic E-state index is 13.0. The summed E-state index contributed by atoms with van der Waals surface area (Å²) in [5.41, 5.74) is 11.7. The Labute approximate surface area is 237 Å². The number of carbonyl (C=O) groups excluding carboxylic acids is 2. The summed E-state index contributed by atoms with van der Waals surface area (Å²) < 4.78 is 10.8. The van der Waals surface area contributed by atoms with E-state index in [0.717, 1.165) is 105 Å². The highest BCUT2D eigenvalue weighted by atomic mass is 16.5. The Morgan fingerprint density at radius 3 is 2.65 bits per heavy atom. The maximum Gasteiger partial charge on any atom is 0.322 e. The van der Waals surface area contributed by atoms with E-state index in [0.29, 0.717) is 18.7 Å². The number of methoxy groups -OCH3 is 1. The second kappa shape index (κ2) is 12.9. The summed E-state index contributed by atoms with van der Waals surface area (Å²) in [7, 11) is 3.62. The van der Waals surface area contributed by atoms with E-state index in [1.807, 2.05) is 43.1 Å².